The summed E-state index contributed by atoms with van der Waals surface area (Å²) in [5.74, 6) is 0. The first-order valence-corrected chi connectivity index (χ1v) is 9.92. The standard InChI is InChI=1S/C19H15BrNOP/c20-16-10-12-17(13-11-16)21-14-15-6-4-5-9-19(15)23(21,22)18-7-2-1-3-8-18/h1-13H,14H2. The van der Waals surface area contributed by atoms with Crippen LogP contribution < -0.4 is 15.3 Å². The summed E-state index contributed by atoms with van der Waals surface area (Å²) in [5.41, 5.74) is 2.12. The second-order valence-corrected chi connectivity index (χ2v) is 9.12. The lowest BCUT2D eigenvalue weighted by atomic mass is 10.2. The number of nitrogens with zero attached hydrogens (tertiary/aromatic N) is 1. The molecule has 0 radical (unpaired) electrons. The lowest BCUT2D eigenvalue weighted by molar-refractivity contribution is 0.585. The van der Waals surface area contributed by atoms with Crippen LogP contribution in [-0.2, 0) is 11.1 Å². The van der Waals surface area contributed by atoms with Crippen LogP contribution in [-0.4, -0.2) is 0 Å². The van der Waals surface area contributed by atoms with Crippen LogP contribution in [0.5, 0.6) is 0 Å². The van der Waals surface area contributed by atoms with E-state index in [1.165, 1.54) is 0 Å². The minimum absolute atomic E-state index is 0.671. The molecule has 0 amide bonds. The molecule has 0 saturated heterocycles. The van der Waals surface area contributed by atoms with Gasteiger partial charge in [-0.2, -0.15) is 0 Å². The van der Waals surface area contributed by atoms with Gasteiger partial charge in [0.05, 0.1) is 6.54 Å². The summed E-state index contributed by atoms with van der Waals surface area (Å²) in [4.78, 5) is 0. The predicted octanol–water partition coefficient (Wildman–Crippen LogP) is 4.70. The lowest BCUT2D eigenvalue weighted by Gasteiger charge is -2.28. The fraction of sp³-hybridized carbons (Fsp3) is 0.0526. The second kappa shape index (κ2) is 5.67. The molecular weight excluding hydrogens is 369 g/mol. The minimum atomic E-state index is -2.84. The van der Waals surface area contributed by atoms with Gasteiger partial charge >= 0.3 is 0 Å². The number of hydrogen-bond acceptors (Lipinski definition) is 1. The van der Waals surface area contributed by atoms with Gasteiger partial charge in [-0.1, -0.05) is 52.3 Å². The van der Waals surface area contributed by atoms with E-state index in [9.17, 15) is 4.57 Å². The van der Waals surface area contributed by atoms with Crippen LogP contribution in [0.2, 0.25) is 0 Å². The molecule has 114 valence electrons. The Hall–Kier alpha value is -1.83. The summed E-state index contributed by atoms with van der Waals surface area (Å²) in [5, 5.41) is 1.84. The van der Waals surface area contributed by atoms with E-state index >= 15 is 0 Å². The fourth-order valence-corrected chi connectivity index (χ4v) is 6.40. The van der Waals surface area contributed by atoms with Crippen LogP contribution >= 0.6 is 23.2 Å². The highest BCUT2D eigenvalue weighted by molar-refractivity contribution is 9.10. The molecule has 1 atom stereocenters. The number of hydrogen-bond donors (Lipinski definition) is 0. The normalized spacial score (nSPS) is 19.6. The number of benzene rings is 3. The molecule has 4 heteroatoms. The number of fused-ring (bicyclic) bond motifs is 1. The Morgan fingerprint density at radius 1 is 0.826 bits per heavy atom. The molecule has 3 aromatic rings. The smallest absolute Gasteiger partial charge is 0.230 e. The average Bonchev–Trinajstić information content (AvgIpc) is 2.91. The van der Waals surface area contributed by atoms with Crippen LogP contribution in [0.3, 0.4) is 0 Å². The fourth-order valence-electron chi connectivity index (χ4n) is 3.11. The lowest BCUT2D eigenvalue weighted by Crippen LogP contribution is -2.24. The largest absolute Gasteiger partial charge is 0.311 e. The molecule has 0 bridgehead atoms. The molecule has 23 heavy (non-hydrogen) atoms. The van der Waals surface area contributed by atoms with Crippen LogP contribution in [0.4, 0.5) is 5.69 Å². The van der Waals surface area contributed by atoms with Crippen LogP contribution in [0.15, 0.2) is 83.3 Å². The molecule has 0 aliphatic carbocycles. The van der Waals surface area contributed by atoms with Gasteiger partial charge in [0.2, 0.25) is 7.29 Å². The first kappa shape index (κ1) is 14.7. The molecule has 0 N–H and O–H groups in total. The summed E-state index contributed by atoms with van der Waals surface area (Å²) in [6.45, 7) is 0.671. The Morgan fingerprint density at radius 2 is 1.48 bits per heavy atom. The minimum Gasteiger partial charge on any atom is -0.311 e. The molecule has 4 rings (SSSR count). The SMILES string of the molecule is O=P1(c2ccccc2)c2ccccc2CN1c1ccc(Br)cc1. The van der Waals surface area contributed by atoms with Crippen LogP contribution in [0.1, 0.15) is 5.56 Å². The van der Waals surface area contributed by atoms with Crippen molar-refractivity contribution < 1.29 is 4.57 Å². The van der Waals surface area contributed by atoms with Crippen LogP contribution in [0.25, 0.3) is 0 Å². The van der Waals surface area contributed by atoms with Gasteiger partial charge in [-0.15, -0.1) is 0 Å². The van der Waals surface area contributed by atoms with Crippen LogP contribution in [0, 0.1) is 0 Å². The zero-order valence-electron chi connectivity index (χ0n) is 12.4. The van der Waals surface area contributed by atoms with E-state index in [0.717, 1.165) is 26.3 Å². The van der Waals surface area contributed by atoms with Crippen molar-refractivity contribution in [3.8, 4) is 0 Å². The molecule has 1 aliphatic rings. The van der Waals surface area contributed by atoms with Gasteiger partial charge < -0.3 is 4.67 Å². The molecule has 1 aliphatic heterocycles. The third-order valence-electron chi connectivity index (χ3n) is 4.21. The second-order valence-electron chi connectivity index (χ2n) is 5.57. The van der Waals surface area contributed by atoms with Gasteiger partial charge in [0.25, 0.3) is 0 Å². The van der Waals surface area contributed by atoms with Crippen molar-refractivity contribution in [3.63, 3.8) is 0 Å². The van der Waals surface area contributed by atoms with Crippen molar-refractivity contribution in [1.29, 1.82) is 0 Å². The van der Waals surface area contributed by atoms with Gasteiger partial charge in [0.1, 0.15) is 0 Å². The first-order valence-electron chi connectivity index (χ1n) is 7.47. The first-order chi connectivity index (χ1) is 11.2. The molecule has 2 nitrogen and oxygen atoms in total. The van der Waals surface area contributed by atoms with Crippen molar-refractivity contribution in [2.75, 3.05) is 4.67 Å². The van der Waals surface area contributed by atoms with E-state index in [1.807, 2.05) is 72.8 Å². The van der Waals surface area contributed by atoms with Crippen molar-refractivity contribution in [3.05, 3.63) is 88.9 Å². The predicted molar refractivity (Wildman–Crippen MR) is 100 cm³/mol. The molecular formula is C19H15BrNOP. The molecule has 0 aromatic heterocycles. The Morgan fingerprint density at radius 3 is 2.22 bits per heavy atom. The third-order valence-corrected chi connectivity index (χ3v) is 7.88. The highest BCUT2D eigenvalue weighted by atomic mass is 79.9. The highest BCUT2D eigenvalue weighted by Gasteiger charge is 2.41. The van der Waals surface area contributed by atoms with Crippen molar-refractivity contribution in [2.24, 2.45) is 0 Å². The Kier molecular flexibility index (Phi) is 3.63. The maximum atomic E-state index is 14.2. The molecule has 0 fully saturated rings. The summed E-state index contributed by atoms with van der Waals surface area (Å²) in [7, 11) is -2.84. The van der Waals surface area contributed by atoms with E-state index < -0.39 is 7.29 Å². The van der Waals surface area contributed by atoms with Gasteiger partial charge in [0.15, 0.2) is 0 Å². The number of halogens is 1. The molecule has 3 aromatic carbocycles. The summed E-state index contributed by atoms with van der Waals surface area (Å²) >= 11 is 3.47. The Balaban J connectivity index is 1.93. The summed E-state index contributed by atoms with van der Waals surface area (Å²) in [6, 6.07) is 25.9. The van der Waals surface area contributed by atoms with Crippen molar-refractivity contribution >= 4 is 39.5 Å². The zero-order chi connectivity index (χ0) is 15.9. The average molecular weight is 384 g/mol. The summed E-state index contributed by atoms with van der Waals surface area (Å²) in [6.07, 6.45) is 0. The van der Waals surface area contributed by atoms with Gasteiger partial charge in [0, 0.05) is 20.8 Å². The molecule has 1 heterocycles. The van der Waals surface area contributed by atoms with E-state index in [-0.39, 0.29) is 0 Å². The third kappa shape index (κ3) is 2.36. The van der Waals surface area contributed by atoms with E-state index in [0.29, 0.717) is 6.54 Å². The maximum absolute atomic E-state index is 14.2. The van der Waals surface area contributed by atoms with E-state index in [4.69, 9.17) is 0 Å². The van der Waals surface area contributed by atoms with Crippen molar-refractivity contribution in [1.82, 2.24) is 0 Å². The van der Waals surface area contributed by atoms with Gasteiger partial charge in [-0.05, 0) is 48.0 Å². The zero-order valence-corrected chi connectivity index (χ0v) is 14.9. The molecule has 1 unspecified atom stereocenters. The number of anilines is 1. The number of rotatable bonds is 2. The molecule has 0 saturated carbocycles. The highest BCUT2D eigenvalue weighted by Crippen LogP contribution is 2.55. The van der Waals surface area contributed by atoms with Crippen molar-refractivity contribution in [2.45, 2.75) is 6.54 Å². The monoisotopic (exact) mass is 383 g/mol. The van der Waals surface area contributed by atoms with Gasteiger partial charge in [-0.25, -0.2) is 0 Å². The Bertz CT molecular complexity index is 893. The van der Waals surface area contributed by atoms with Gasteiger partial charge in [-0.3, -0.25) is 4.57 Å². The Labute approximate surface area is 144 Å². The maximum Gasteiger partial charge on any atom is 0.230 e. The topological polar surface area (TPSA) is 20.3 Å². The van der Waals surface area contributed by atoms with E-state index in [1.54, 1.807) is 0 Å². The quantitative estimate of drug-likeness (QED) is 0.597. The summed E-state index contributed by atoms with van der Waals surface area (Å²) < 4.78 is 17.2. The molecule has 0 spiro atoms. The van der Waals surface area contributed by atoms with E-state index in [2.05, 4.69) is 26.7 Å².